The summed E-state index contributed by atoms with van der Waals surface area (Å²) < 4.78 is 0. The fourth-order valence-corrected chi connectivity index (χ4v) is 2.56. The van der Waals surface area contributed by atoms with E-state index in [1.165, 1.54) is 12.1 Å². The second kappa shape index (κ2) is 6.02. The quantitative estimate of drug-likeness (QED) is 0.686. The van der Waals surface area contributed by atoms with Gasteiger partial charge in [0.25, 0.3) is 0 Å². The Hall–Kier alpha value is -1.62. The van der Waals surface area contributed by atoms with Gasteiger partial charge in [-0.05, 0) is 30.7 Å². The summed E-state index contributed by atoms with van der Waals surface area (Å²) >= 11 is 18.4. The molecule has 2 aromatic rings. The number of carboxylic acid groups (broad SMARTS) is 1. The number of halogens is 3. The summed E-state index contributed by atoms with van der Waals surface area (Å²) in [6, 6.07) is 6.19. The van der Waals surface area contributed by atoms with Gasteiger partial charge in [0.05, 0.1) is 32.0 Å². The number of nitrogens with two attached hydrogens (primary N) is 1. The number of nitrogen functional groups attached to an aromatic ring is 1. The maximum absolute atomic E-state index is 11.3. The second-order valence-corrected chi connectivity index (χ2v) is 5.60. The molecule has 0 fully saturated rings. The van der Waals surface area contributed by atoms with Crippen LogP contribution in [0.4, 0.5) is 17.1 Å². The Morgan fingerprint density at radius 2 is 1.81 bits per heavy atom. The highest BCUT2D eigenvalue weighted by Gasteiger charge is 2.18. The molecular formula is C14H11Cl3N2O2. The summed E-state index contributed by atoms with van der Waals surface area (Å²) in [7, 11) is 0. The minimum atomic E-state index is -1.16. The highest BCUT2D eigenvalue weighted by Crippen LogP contribution is 2.39. The van der Waals surface area contributed by atoms with Crippen molar-refractivity contribution in [2.45, 2.75) is 6.92 Å². The Kier molecular flexibility index (Phi) is 4.52. The van der Waals surface area contributed by atoms with Crippen LogP contribution in [0.5, 0.6) is 0 Å². The van der Waals surface area contributed by atoms with Gasteiger partial charge in [0.2, 0.25) is 0 Å². The molecule has 21 heavy (non-hydrogen) atoms. The van der Waals surface area contributed by atoms with Crippen molar-refractivity contribution < 1.29 is 9.90 Å². The van der Waals surface area contributed by atoms with E-state index in [0.29, 0.717) is 15.7 Å². The number of benzene rings is 2. The summed E-state index contributed by atoms with van der Waals surface area (Å²) in [5.74, 6) is -1.16. The molecule has 0 unspecified atom stereocenters. The summed E-state index contributed by atoms with van der Waals surface area (Å²) in [6.45, 7) is 1.81. The number of carboxylic acids is 1. The van der Waals surface area contributed by atoms with Gasteiger partial charge in [-0.2, -0.15) is 0 Å². The zero-order chi connectivity index (χ0) is 15.7. The van der Waals surface area contributed by atoms with Crippen molar-refractivity contribution in [3.05, 3.63) is 50.5 Å². The molecule has 0 atom stereocenters. The van der Waals surface area contributed by atoms with Crippen LogP contribution in [-0.2, 0) is 0 Å². The van der Waals surface area contributed by atoms with Gasteiger partial charge in [-0.25, -0.2) is 4.79 Å². The fourth-order valence-electron chi connectivity index (χ4n) is 1.82. The first-order chi connectivity index (χ1) is 9.81. The highest BCUT2D eigenvalue weighted by molar-refractivity contribution is 6.40. The number of hydrogen-bond donors (Lipinski definition) is 3. The summed E-state index contributed by atoms with van der Waals surface area (Å²) in [6.07, 6.45) is 0. The van der Waals surface area contributed by atoms with Crippen LogP contribution in [0.1, 0.15) is 15.9 Å². The van der Waals surface area contributed by atoms with Gasteiger partial charge >= 0.3 is 5.97 Å². The fraction of sp³-hybridized carbons (Fsp3) is 0.0714. The average Bonchev–Trinajstić information content (AvgIpc) is 2.40. The highest BCUT2D eigenvalue weighted by atomic mass is 35.5. The minimum Gasteiger partial charge on any atom is -0.478 e. The van der Waals surface area contributed by atoms with Gasteiger partial charge in [-0.15, -0.1) is 0 Å². The Morgan fingerprint density at radius 3 is 2.43 bits per heavy atom. The number of rotatable bonds is 3. The zero-order valence-corrected chi connectivity index (χ0v) is 13.1. The van der Waals surface area contributed by atoms with E-state index in [9.17, 15) is 9.90 Å². The molecule has 0 bridgehead atoms. The van der Waals surface area contributed by atoms with Gasteiger partial charge in [-0.1, -0.05) is 40.9 Å². The van der Waals surface area contributed by atoms with Crippen molar-refractivity contribution in [1.29, 1.82) is 0 Å². The van der Waals surface area contributed by atoms with Crippen LogP contribution >= 0.6 is 34.8 Å². The van der Waals surface area contributed by atoms with Crippen molar-refractivity contribution in [3.63, 3.8) is 0 Å². The molecule has 0 amide bonds. The van der Waals surface area contributed by atoms with Gasteiger partial charge < -0.3 is 16.2 Å². The molecule has 0 aromatic heterocycles. The van der Waals surface area contributed by atoms with Crippen molar-refractivity contribution in [2.75, 3.05) is 11.1 Å². The molecule has 2 aromatic carbocycles. The predicted molar refractivity (Wildman–Crippen MR) is 87.3 cm³/mol. The average molecular weight is 346 g/mol. The molecule has 0 radical (unpaired) electrons. The van der Waals surface area contributed by atoms with Crippen molar-refractivity contribution in [3.8, 4) is 0 Å². The molecule has 0 spiro atoms. The normalized spacial score (nSPS) is 10.5. The van der Waals surface area contributed by atoms with Crippen molar-refractivity contribution in [2.24, 2.45) is 0 Å². The van der Waals surface area contributed by atoms with E-state index in [2.05, 4.69) is 5.32 Å². The Morgan fingerprint density at radius 1 is 1.14 bits per heavy atom. The van der Waals surface area contributed by atoms with Crippen LogP contribution in [0.2, 0.25) is 15.1 Å². The van der Waals surface area contributed by atoms with Crippen LogP contribution in [0, 0.1) is 6.92 Å². The molecule has 0 heterocycles. The molecule has 110 valence electrons. The molecule has 4 nitrogen and oxygen atoms in total. The molecule has 0 aliphatic carbocycles. The third-order valence-corrected chi connectivity index (χ3v) is 3.98. The zero-order valence-electron chi connectivity index (χ0n) is 10.9. The molecular weight excluding hydrogens is 335 g/mol. The summed E-state index contributed by atoms with van der Waals surface area (Å²) in [4.78, 5) is 11.3. The second-order valence-electron chi connectivity index (χ2n) is 4.41. The molecule has 2 rings (SSSR count). The number of anilines is 3. The maximum atomic E-state index is 11.3. The first-order valence-electron chi connectivity index (χ1n) is 5.85. The number of carbonyl (C=O) groups is 1. The van der Waals surface area contributed by atoms with Crippen LogP contribution in [0.25, 0.3) is 0 Å². The van der Waals surface area contributed by atoms with Crippen LogP contribution < -0.4 is 11.1 Å². The van der Waals surface area contributed by atoms with E-state index < -0.39 is 5.97 Å². The Bertz CT molecular complexity index is 733. The van der Waals surface area contributed by atoms with Crippen LogP contribution in [0.3, 0.4) is 0 Å². The third-order valence-electron chi connectivity index (χ3n) is 2.88. The summed E-state index contributed by atoms with van der Waals surface area (Å²) in [5.41, 5.74) is 7.19. The van der Waals surface area contributed by atoms with Gasteiger partial charge in [-0.3, -0.25) is 0 Å². The molecule has 0 aliphatic heterocycles. The molecule has 0 saturated heterocycles. The lowest BCUT2D eigenvalue weighted by molar-refractivity contribution is 0.0698. The minimum absolute atomic E-state index is 0.0614. The molecule has 0 saturated carbocycles. The first kappa shape index (κ1) is 15.8. The SMILES string of the molecule is Cc1ccc(Cl)c(Nc2c(Cl)cc(N)cc2C(=O)O)c1Cl. The predicted octanol–water partition coefficient (Wildman–Crippen LogP) is 4.98. The lowest BCUT2D eigenvalue weighted by atomic mass is 10.1. The van der Waals surface area contributed by atoms with Crippen molar-refractivity contribution >= 4 is 57.8 Å². The third kappa shape index (κ3) is 3.18. The smallest absolute Gasteiger partial charge is 0.337 e. The van der Waals surface area contributed by atoms with Gasteiger partial charge in [0.15, 0.2) is 0 Å². The number of aryl methyl sites for hydroxylation is 1. The Labute approximate surface area is 136 Å². The summed E-state index contributed by atoms with van der Waals surface area (Å²) in [5, 5.41) is 13.1. The van der Waals surface area contributed by atoms with Crippen LogP contribution in [-0.4, -0.2) is 11.1 Å². The van der Waals surface area contributed by atoms with E-state index in [-0.39, 0.29) is 22.0 Å². The molecule has 0 aliphatic rings. The van der Waals surface area contributed by atoms with E-state index in [0.717, 1.165) is 5.56 Å². The maximum Gasteiger partial charge on any atom is 0.337 e. The molecule has 7 heteroatoms. The largest absolute Gasteiger partial charge is 0.478 e. The van der Waals surface area contributed by atoms with E-state index in [4.69, 9.17) is 40.5 Å². The Balaban J connectivity index is 2.60. The van der Waals surface area contributed by atoms with E-state index >= 15 is 0 Å². The standard InChI is InChI=1S/C14H11Cl3N2O2/c1-6-2-3-9(15)13(11(6)17)19-12-8(14(20)21)4-7(18)5-10(12)16/h2-5,19H,18H2,1H3,(H,20,21). The topological polar surface area (TPSA) is 75.3 Å². The van der Waals surface area contributed by atoms with Crippen molar-refractivity contribution in [1.82, 2.24) is 0 Å². The van der Waals surface area contributed by atoms with Gasteiger partial charge in [0.1, 0.15) is 0 Å². The van der Waals surface area contributed by atoms with E-state index in [1.54, 1.807) is 12.1 Å². The number of aromatic carboxylic acids is 1. The number of hydrogen-bond acceptors (Lipinski definition) is 3. The lowest BCUT2D eigenvalue weighted by Gasteiger charge is -2.16. The van der Waals surface area contributed by atoms with Crippen LogP contribution in [0.15, 0.2) is 24.3 Å². The van der Waals surface area contributed by atoms with E-state index in [1.807, 2.05) is 6.92 Å². The van der Waals surface area contributed by atoms with Gasteiger partial charge in [0, 0.05) is 5.69 Å². The lowest BCUT2D eigenvalue weighted by Crippen LogP contribution is -2.05. The first-order valence-corrected chi connectivity index (χ1v) is 6.98. The molecule has 4 N–H and O–H groups in total. The monoisotopic (exact) mass is 344 g/mol. The number of nitrogens with one attached hydrogen (secondary N) is 1.